The van der Waals surface area contributed by atoms with Gasteiger partial charge in [0.1, 0.15) is 17.1 Å². The highest BCUT2D eigenvalue weighted by molar-refractivity contribution is 6.00. The normalized spacial score (nSPS) is 37.2. The van der Waals surface area contributed by atoms with E-state index in [9.17, 15) is 14.9 Å². The molecule has 2 N–H and O–H groups in total. The fourth-order valence-electron chi connectivity index (χ4n) is 3.90. The molecule has 1 saturated carbocycles. The molecule has 1 aliphatic carbocycles. The first-order valence-corrected chi connectivity index (χ1v) is 6.80. The van der Waals surface area contributed by atoms with Crippen LogP contribution in [-0.2, 0) is 9.47 Å². The van der Waals surface area contributed by atoms with Crippen LogP contribution in [0.5, 0.6) is 0 Å². The van der Waals surface area contributed by atoms with Gasteiger partial charge in [-0.2, -0.15) is 10.5 Å². The fourth-order valence-corrected chi connectivity index (χ4v) is 3.90. The maximum atomic E-state index is 13.6. The number of nitrogens with two attached hydrogens (primary N) is 1. The summed E-state index contributed by atoms with van der Waals surface area (Å²) in [5.74, 6) is -2.64. The third kappa shape index (κ3) is 1.11. The Balaban J connectivity index is 1.94. The zero-order valence-corrected chi connectivity index (χ0v) is 11.4. The number of hydrogen-bond donors (Lipinski definition) is 1. The molecule has 2 aliphatic heterocycles. The third-order valence-electron chi connectivity index (χ3n) is 4.79. The van der Waals surface area contributed by atoms with Gasteiger partial charge in [0.05, 0.1) is 25.4 Å². The molecule has 0 radical (unpaired) electrons. The van der Waals surface area contributed by atoms with Crippen molar-refractivity contribution in [2.45, 2.75) is 11.8 Å². The highest BCUT2D eigenvalue weighted by atomic mass is 19.1. The molecule has 0 unspecified atom stereocenters. The van der Waals surface area contributed by atoms with Gasteiger partial charge >= 0.3 is 0 Å². The van der Waals surface area contributed by atoms with E-state index in [2.05, 4.69) is 17.1 Å². The minimum absolute atomic E-state index is 0.00714. The quantitative estimate of drug-likeness (QED) is 0.833. The number of ether oxygens (including phenoxy) is 2. The van der Waals surface area contributed by atoms with Gasteiger partial charge in [-0.15, -0.1) is 0 Å². The summed E-state index contributed by atoms with van der Waals surface area (Å²) in [6.07, 6.45) is 0. The van der Waals surface area contributed by atoms with Crippen molar-refractivity contribution in [3.05, 3.63) is 35.6 Å². The molecule has 1 aromatic carbocycles. The van der Waals surface area contributed by atoms with E-state index in [0.717, 1.165) is 0 Å². The van der Waals surface area contributed by atoms with E-state index < -0.39 is 28.5 Å². The van der Waals surface area contributed by atoms with Crippen molar-refractivity contribution in [2.75, 3.05) is 13.2 Å². The molecule has 0 aromatic heterocycles. The molecule has 6 nitrogen and oxygen atoms in total. The molecule has 22 heavy (non-hydrogen) atoms. The number of aliphatic imine (C=N–C) groups is 1. The SMILES string of the molecule is N#C[C@@]12C(N)=NC3(OCCO3)[C@]1(C#N)[C@@H]2c1cccc(F)c1. The molecule has 1 spiro atoms. The molecule has 110 valence electrons. The Morgan fingerprint density at radius 3 is 2.59 bits per heavy atom. The van der Waals surface area contributed by atoms with Crippen LogP contribution in [0.2, 0.25) is 0 Å². The largest absolute Gasteiger partial charge is 0.386 e. The first kappa shape index (κ1) is 13.2. The van der Waals surface area contributed by atoms with E-state index in [-0.39, 0.29) is 19.0 Å². The zero-order chi connectivity index (χ0) is 15.6. The lowest BCUT2D eigenvalue weighted by Crippen LogP contribution is -2.38. The predicted molar refractivity (Wildman–Crippen MR) is 71.5 cm³/mol. The molecule has 1 aromatic rings. The van der Waals surface area contributed by atoms with Crippen molar-refractivity contribution in [3.8, 4) is 12.1 Å². The highest BCUT2D eigenvalue weighted by Crippen LogP contribution is 2.82. The predicted octanol–water partition coefficient (Wildman–Crippen LogP) is 1.01. The Labute approximate surface area is 125 Å². The van der Waals surface area contributed by atoms with Crippen LogP contribution in [0.3, 0.4) is 0 Å². The summed E-state index contributed by atoms with van der Waals surface area (Å²) < 4.78 is 24.7. The topological polar surface area (TPSA) is 104 Å². The molecular weight excluding hydrogens is 287 g/mol. The van der Waals surface area contributed by atoms with Crippen LogP contribution in [0.25, 0.3) is 0 Å². The maximum Gasteiger partial charge on any atom is 0.293 e. The lowest BCUT2D eigenvalue weighted by molar-refractivity contribution is -0.184. The molecular formula is C15H11FN4O2. The minimum atomic E-state index is -1.57. The maximum absolute atomic E-state index is 13.6. The highest BCUT2D eigenvalue weighted by Gasteiger charge is 2.94. The average molecular weight is 298 g/mol. The molecule has 4 rings (SSSR count). The van der Waals surface area contributed by atoms with Crippen molar-refractivity contribution in [3.63, 3.8) is 0 Å². The number of rotatable bonds is 1. The van der Waals surface area contributed by atoms with Gasteiger partial charge in [-0.25, -0.2) is 9.38 Å². The van der Waals surface area contributed by atoms with Gasteiger partial charge in [0, 0.05) is 5.92 Å². The summed E-state index contributed by atoms with van der Waals surface area (Å²) in [5, 5.41) is 19.5. The first-order valence-electron chi connectivity index (χ1n) is 6.80. The molecule has 2 heterocycles. The lowest BCUT2D eigenvalue weighted by atomic mass is 9.94. The van der Waals surface area contributed by atoms with E-state index in [1.54, 1.807) is 6.07 Å². The van der Waals surface area contributed by atoms with Gasteiger partial charge in [0.25, 0.3) is 5.91 Å². The van der Waals surface area contributed by atoms with E-state index in [0.29, 0.717) is 5.56 Å². The standard InChI is InChI=1S/C15H11FN4O2/c16-10-3-1-2-9(6-10)11-13(7-17)12(19)20-15(14(11,13)8-18)21-4-5-22-15/h1-3,6,11H,4-5H2,(H2,19,20)/t11-,13-,14-/m1/s1. The van der Waals surface area contributed by atoms with E-state index >= 15 is 0 Å². The molecule has 0 bridgehead atoms. The van der Waals surface area contributed by atoms with Crippen molar-refractivity contribution < 1.29 is 13.9 Å². The number of nitriles is 2. The number of benzene rings is 1. The molecule has 1 saturated heterocycles. The molecule has 7 heteroatoms. The Morgan fingerprint density at radius 2 is 2.00 bits per heavy atom. The minimum Gasteiger partial charge on any atom is -0.386 e. The lowest BCUT2D eigenvalue weighted by Gasteiger charge is -2.25. The van der Waals surface area contributed by atoms with Crippen LogP contribution >= 0.6 is 0 Å². The van der Waals surface area contributed by atoms with Crippen LogP contribution < -0.4 is 5.73 Å². The van der Waals surface area contributed by atoms with Crippen LogP contribution in [-0.4, -0.2) is 25.0 Å². The van der Waals surface area contributed by atoms with Gasteiger partial charge in [0.15, 0.2) is 5.41 Å². The summed E-state index contributed by atoms with van der Waals surface area (Å²) >= 11 is 0. The summed E-state index contributed by atoms with van der Waals surface area (Å²) in [6, 6.07) is 10.1. The number of fused-ring (bicyclic) bond motifs is 2. The average Bonchev–Trinajstić information content (AvgIpc) is 2.77. The van der Waals surface area contributed by atoms with Gasteiger partial charge in [0.2, 0.25) is 0 Å². The van der Waals surface area contributed by atoms with E-state index in [4.69, 9.17) is 15.2 Å². The van der Waals surface area contributed by atoms with Crippen molar-refractivity contribution in [2.24, 2.45) is 21.6 Å². The second kappa shape index (κ2) is 3.83. The van der Waals surface area contributed by atoms with Gasteiger partial charge in [-0.05, 0) is 17.7 Å². The monoisotopic (exact) mass is 298 g/mol. The second-order valence-electron chi connectivity index (χ2n) is 5.60. The zero-order valence-electron chi connectivity index (χ0n) is 11.4. The summed E-state index contributed by atoms with van der Waals surface area (Å²) in [4.78, 5) is 4.15. The number of amidine groups is 1. The van der Waals surface area contributed by atoms with Crippen LogP contribution in [0.15, 0.2) is 29.3 Å². The third-order valence-corrected chi connectivity index (χ3v) is 4.79. The first-order chi connectivity index (χ1) is 10.6. The summed E-state index contributed by atoms with van der Waals surface area (Å²) in [6.45, 7) is 0.523. The Bertz CT molecular complexity index is 789. The molecule has 3 aliphatic rings. The Hall–Kier alpha value is -2.48. The Kier molecular flexibility index (Phi) is 2.30. The molecule has 3 atom stereocenters. The van der Waals surface area contributed by atoms with Crippen LogP contribution in [0.1, 0.15) is 11.5 Å². The number of halogens is 1. The van der Waals surface area contributed by atoms with Crippen molar-refractivity contribution >= 4 is 5.84 Å². The van der Waals surface area contributed by atoms with E-state index in [1.165, 1.54) is 18.2 Å². The van der Waals surface area contributed by atoms with Crippen molar-refractivity contribution in [1.82, 2.24) is 0 Å². The van der Waals surface area contributed by atoms with Gasteiger partial charge in [-0.1, -0.05) is 12.1 Å². The molecule has 0 amide bonds. The molecule has 2 fully saturated rings. The number of nitrogens with zero attached hydrogens (tertiary/aromatic N) is 3. The smallest absolute Gasteiger partial charge is 0.293 e. The fraction of sp³-hybridized carbons (Fsp3) is 0.400. The van der Waals surface area contributed by atoms with Gasteiger partial charge in [-0.3, -0.25) is 0 Å². The summed E-state index contributed by atoms with van der Waals surface area (Å²) in [5.41, 5.74) is 3.75. The van der Waals surface area contributed by atoms with Gasteiger partial charge < -0.3 is 15.2 Å². The van der Waals surface area contributed by atoms with E-state index in [1.807, 2.05) is 0 Å². The van der Waals surface area contributed by atoms with Crippen LogP contribution in [0.4, 0.5) is 4.39 Å². The summed E-state index contributed by atoms with van der Waals surface area (Å²) in [7, 11) is 0. The van der Waals surface area contributed by atoms with Crippen molar-refractivity contribution in [1.29, 1.82) is 10.5 Å². The Morgan fingerprint density at radius 1 is 1.27 bits per heavy atom. The second-order valence-corrected chi connectivity index (χ2v) is 5.60. The number of hydrogen-bond acceptors (Lipinski definition) is 6. The van der Waals surface area contributed by atoms with Crippen LogP contribution in [0, 0.1) is 39.3 Å².